The lowest BCUT2D eigenvalue weighted by Crippen LogP contribution is -2.50. The molecule has 0 saturated carbocycles. The van der Waals surface area contributed by atoms with E-state index >= 15 is 0 Å². The van der Waals surface area contributed by atoms with Crippen LogP contribution in [0.15, 0.2) is 41.4 Å². The molecule has 0 spiro atoms. The highest BCUT2D eigenvalue weighted by atomic mass is 16.5. The van der Waals surface area contributed by atoms with Crippen molar-refractivity contribution in [1.29, 1.82) is 0 Å². The summed E-state index contributed by atoms with van der Waals surface area (Å²) in [6.45, 7) is 13.4. The fraction of sp³-hybridized carbons (Fsp3) is 0.440. The highest BCUT2D eigenvalue weighted by Gasteiger charge is 2.48. The first-order valence-corrected chi connectivity index (χ1v) is 10.6. The van der Waals surface area contributed by atoms with E-state index in [1.807, 2.05) is 30.0 Å². The third-order valence-corrected chi connectivity index (χ3v) is 6.05. The van der Waals surface area contributed by atoms with E-state index in [0.29, 0.717) is 24.2 Å². The normalized spacial score (nSPS) is 21.1. The molecule has 1 amide bonds. The molecule has 2 aromatic carbocycles. The zero-order valence-electron chi connectivity index (χ0n) is 18.2. The maximum atomic E-state index is 13.5. The number of carbonyl (C=O) groups excluding carboxylic acids is 1. The third-order valence-electron chi connectivity index (χ3n) is 6.05. The van der Waals surface area contributed by atoms with Crippen LogP contribution >= 0.6 is 0 Å². The molecular weight excluding hydrogens is 360 g/mol. The van der Waals surface area contributed by atoms with Crippen molar-refractivity contribution in [1.82, 2.24) is 0 Å². The van der Waals surface area contributed by atoms with E-state index < -0.39 is 0 Å². The lowest BCUT2D eigenvalue weighted by Gasteiger charge is -2.43. The van der Waals surface area contributed by atoms with E-state index in [0.717, 1.165) is 29.1 Å². The molecule has 2 aromatic rings. The molecule has 0 aliphatic carbocycles. The monoisotopic (exact) mass is 390 g/mol. The van der Waals surface area contributed by atoms with E-state index in [4.69, 9.17) is 9.73 Å². The molecule has 0 unspecified atom stereocenters. The van der Waals surface area contributed by atoms with Crippen LogP contribution in [0.3, 0.4) is 0 Å². The molecule has 2 aliphatic rings. The average molecular weight is 391 g/mol. The van der Waals surface area contributed by atoms with Crippen LogP contribution in [0.2, 0.25) is 0 Å². The Morgan fingerprint density at radius 1 is 1.21 bits per heavy atom. The number of aliphatic imine (C=N–C) groups is 1. The van der Waals surface area contributed by atoms with Gasteiger partial charge < -0.3 is 9.64 Å². The number of amides is 1. The first-order valence-electron chi connectivity index (χ1n) is 10.6. The Bertz CT molecular complexity index is 987. The predicted molar refractivity (Wildman–Crippen MR) is 119 cm³/mol. The third kappa shape index (κ3) is 3.25. The number of rotatable bonds is 4. The molecule has 0 radical (unpaired) electrons. The number of hydrogen-bond acceptors (Lipinski definition) is 3. The first kappa shape index (κ1) is 19.7. The molecule has 152 valence electrons. The van der Waals surface area contributed by atoms with E-state index in [-0.39, 0.29) is 11.4 Å². The van der Waals surface area contributed by atoms with Gasteiger partial charge in [-0.2, -0.15) is 0 Å². The smallest absolute Gasteiger partial charge is 0.278 e. The SMILES string of the molecule is CCOc1cc2c3c(c1)[C@@H](C)CC(C)(C)N3C(=O)C2=Nc1ccc(C(C)C)cc1. The summed E-state index contributed by atoms with van der Waals surface area (Å²) in [6.07, 6.45) is 0.914. The van der Waals surface area contributed by atoms with Crippen molar-refractivity contribution in [2.75, 3.05) is 11.5 Å². The van der Waals surface area contributed by atoms with Crippen molar-refractivity contribution in [3.8, 4) is 5.75 Å². The quantitative estimate of drug-likeness (QED) is 0.646. The fourth-order valence-electron chi connectivity index (χ4n) is 4.71. The summed E-state index contributed by atoms with van der Waals surface area (Å²) in [5.41, 5.74) is 5.43. The topological polar surface area (TPSA) is 41.9 Å². The molecule has 0 saturated heterocycles. The molecule has 4 heteroatoms. The van der Waals surface area contributed by atoms with Gasteiger partial charge in [0, 0.05) is 11.1 Å². The summed E-state index contributed by atoms with van der Waals surface area (Å²) >= 11 is 0. The van der Waals surface area contributed by atoms with Gasteiger partial charge in [-0.05, 0) is 74.4 Å². The minimum absolute atomic E-state index is 0.0141. The van der Waals surface area contributed by atoms with Crippen molar-refractivity contribution >= 4 is 23.0 Å². The predicted octanol–water partition coefficient (Wildman–Crippen LogP) is 5.96. The van der Waals surface area contributed by atoms with Crippen molar-refractivity contribution in [2.45, 2.75) is 65.3 Å². The van der Waals surface area contributed by atoms with Gasteiger partial charge in [0.05, 0.1) is 18.0 Å². The first-order chi connectivity index (χ1) is 13.7. The minimum atomic E-state index is -0.246. The Kier molecular flexibility index (Phi) is 4.76. The van der Waals surface area contributed by atoms with Crippen LogP contribution in [-0.2, 0) is 4.79 Å². The lowest BCUT2D eigenvalue weighted by molar-refractivity contribution is -0.113. The lowest BCUT2D eigenvalue weighted by atomic mass is 9.80. The molecule has 0 bridgehead atoms. The van der Waals surface area contributed by atoms with Gasteiger partial charge in [0.15, 0.2) is 0 Å². The molecule has 2 aliphatic heterocycles. The Morgan fingerprint density at radius 2 is 1.90 bits per heavy atom. The van der Waals surface area contributed by atoms with Crippen molar-refractivity contribution in [2.24, 2.45) is 4.99 Å². The van der Waals surface area contributed by atoms with Crippen LogP contribution in [0.4, 0.5) is 11.4 Å². The summed E-state index contributed by atoms with van der Waals surface area (Å²) in [4.78, 5) is 20.3. The largest absolute Gasteiger partial charge is 0.494 e. The maximum absolute atomic E-state index is 13.5. The van der Waals surface area contributed by atoms with Gasteiger partial charge in [0.1, 0.15) is 11.5 Å². The molecule has 0 fully saturated rings. The number of anilines is 1. The number of nitrogens with zero attached hydrogens (tertiary/aromatic N) is 2. The van der Waals surface area contributed by atoms with Crippen molar-refractivity contribution < 1.29 is 9.53 Å². The number of ether oxygens (including phenoxy) is 1. The fourth-order valence-corrected chi connectivity index (χ4v) is 4.71. The molecule has 4 nitrogen and oxygen atoms in total. The molecule has 1 atom stereocenters. The molecule has 4 rings (SSSR count). The second-order valence-electron chi connectivity index (χ2n) is 9.11. The maximum Gasteiger partial charge on any atom is 0.278 e. The van der Waals surface area contributed by atoms with Crippen LogP contribution in [0.25, 0.3) is 0 Å². The van der Waals surface area contributed by atoms with Crippen LogP contribution in [0, 0.1) is 0 Å². The summed E-state index contributed by atoms with van der Waals surface area (Å²) in [6, 6.07) is 12.3. The van der Waals surface area contributed by atoms with Gasteiger partial charge in [-0.25, -0.2) is 4.99 Å². The Hall–Kier alpha value is -2.62. The van der Waals surface area contributed by atoms with E-state index in [1.165, 1.54) is 11.1 Å². The number of carbonyl (C=O) groups is 1. The van der Waals surface area contributed by atoms with E-state index in [2.05, 4.69) is 52.8 Å². The van der Waals surface area contributed by atoms with Crippen LogP contribution in [-0.4, -0.2) is 23.8 Å². The van der Waals surface area contributed by atoms with Crippen LogP contribution in [0.1, 0.15) is 76.5 Å². The van der Waals surface area contributed by atoms with Crippen LogP contribution in [0.5, 0.6) is 5.75 Å². The zero-order valence-corrected chi connectivity index (χ0v) is 18.2. The van der Waals surface area contributed by atoms with Gasteiger partial charge in [-0.15, -0.1) is 0 Å². The van der Waals surface area contributed by atoms with Gasteiger partial charge in [-0.3, -0.25) is 4.79 Å². The van der Waals surface area contributed by atoms with Crippen LogP contribution < -0.4 is 9.64 Å². The highest BCUT2D eigenvalue weighted by molar-refractivity contribution is 6.55. The molecule has 0 aromatic heterocycles. The summed E-state index contributed by atoms with van der Waals surface area (Å²) in [5.74, 6) is 1.62. The van der Waals surface area contributed by atoms with Crippen molar-refractivity contribution in [3.05, 3.63) is 53.1 Å². The summed E-state index contributed by atoms with van der Waals surface area (Å²) in [7, 11) is 0. The van der Waals surface area contributed by atoms with Gasteiger partial charge in [0.25, 0.3) is 5.91 Å². The summed E-state index contributed by atoms with van der Waals surface area (Å²) < 4.78 is 5.82. The highest BCUT2D eigenvalue weighted by Crippen LogP contribution is 2.50. The number of hydrogen-bond donors (Lipinski definition) is 0. The molecular formula is C25H30N2O2. The van der Waals surface area contributed by atoms with Gasteiger partial charge in [-0.1, -0.05) is 32.9 Å². The van der Waals surface area contributed by atoms with Gasteiger partial charge >= 0.3 is 0 Å². The van der Waals surface area contributed by atoms with Crippen molar-refractivity contribution in [3.63, 3.8) is 0 Å². The number of benzene rings is 2. The standard InChI is InChI=1S/C25H30N2O2/c1-7-29-19-12-20-16(4)14-25(5,6)27-23(20)21(13-19)22(24(27)28)26-18-10-8-17(9-11-18)15(2)3/h8-13,15-16H,7,14H2,1-6H3/t16-/m0/s1. The van der Waals surface area contributed by atoms with E-state index in [9.17, 15) is 4.79 Å². The zero-order chi connectivity index (χ0) is 20.9. The molecule has 2 heterocycles. The van der Waals surface area contributed by atoms with Gasteiger partial charge in [0.2, 0.25) is 0 Å². The second-order valence-corrected chi connectivity index (χ2v) is 9.11. The Morgan fingerprint density at radius 3 is 2.52 bits per heavy atom. The summed E-state index contributed by atoms with van der Waals surface area (Å²) in [5, 5.41) is 0. The molecule has 0 N–H and O–H groups in total. The molecule has 29 heavy (non-hydrogen) atoms. The minimum Gasteiger partial charge on any atom is -0.494 e. The second kappa shape index (κ2) is 7.01. The van der Waals surface area contributed by atoms with E-state index in [1.54, 1.807) is 0 Å². The average Bonchev–Trinajstić information content (AvgIpc) is 2.93. The Labute approximate surface area is 173 Å². The Balaban J connectivity index is 1.88.